The summed E-state index contributed by atoms with van der Waals surface area (Å²) in [6, 6.07) is 7.30. The van der Waals surface area contributed by atoms with Crippen LogP contribution in [0.5, 0.6) is 0 Å². The number of rotatable bonds is 20. The number of benzene rings is 1. The van der Waals surface area contributed by atoms with E-state index in [1.165, 1.54) is 0 Å². The second-order valence-corrected chi connectivity index (χ2v) is 13.9. The molecule has 0 bridgehead atoms. The first-order chi connectivity index (χ1) is 23.2. The number of amides is 3. The Morgan fingerprint density at radius 2 is 1.67 bits per heavy atom. The zero-order chi connectivity index (χ0) is 36.8. The lowest BCUT2D eigenvalue weighted by Gasteiger charge is -2.40. The Kier molecular flexibility index (Phi) is 17.4. The normalized spacial score (nSPS) is 19.6. The van der Waals surface area contributed by atoms with Gasteiger partial charge in [-0.15, -0.1) is 0 Å². The van der Waals surface area contributed by atoms with Crippen LogP contribution < -0.4 is 5.32 Å². The number of nitrogens with one attached hydrogen (secondary N) is 1. The van der Waals surface area contributed by atoms with Crippen molar-refractivity contribution in [3.05, 3.63) is 35.9 Å². The molecule has 1 aromatic rings. The first-order valence-electron chi connectivity index (χ1n) is 17.9. The highest BCUT2D eigenvalue weighted by Gasteiger charge is 2.43. The minimum atomic E-state index is -0.878. The van der Waals surface area contributed by atoms with Crippen LogP contribution >= 0.6 is 0 Å². The Balaban J connectivity index is 2.26. The maximum Gasteiger partial charge on any atom is 0.329 e. The summed E-state index contributed by atoms with van der Waals surface area (Å²) >= 11 is 0. The summed E-state index contributed by atoms with van der Waals surface area (Å²) in [7, 11) is 4.87. The van der Waals surface area contributed by atoms with Crippen molar-refractivity contribution in [2.75, 3.05) is 27.8 Å². The van der Waals surface area contributed by atoms with Crippen molar-refractivity contribution in [1.29, 1.82) is 0 Å². The number of hydrogen-bond acceptors (Lipinski definition) is 8. The molecule has 0 saturated carbocycles. The second-order valence-electron chi connectivity index (χ2n) is 13.9. The zero-order valence-corrected chi connectivity index (χ0v) is 31.5. The van der Waals surface area contributed by atoms with Crippen LogP contribution in [0.1, 0.15) is 86.1 Å². The third-order valence-corrected chi connectivity index (χ3v) is 10.1. The van der Waals surface area contributed by atoms with Gasteiger partial charge < -0.3 is 29.3 Å². The number of carbonyl (C=O) groups is 4. The Hall–Kier alpha value is -3.31. The molecule has 1 heterocycles. The van der Waals surface area contributed by atoms with Gasteiger partial charge in [0.15, 0.2) is 0 Å². The summed E-state index contributed by atoms with van der Waals surface area (Å²) in [5, 5.41) is 2.93. The highest BCUT2D eigenvalue weighted by molar-refractivity contribution is 5.86. The Labute approximate surface area is 294 Å². The molecule has 1 fully saturated rings. The number of nitrogens with zero attached hydrogens (tertiary/aromatic N) is 3. The summed E-state index contributed by atoms with van der Waals surface area (Å²) in [6.07, 6.45) is 1.75. The third kappa shape index (κ3) is 11.4. The van der Waals surface area contributed by atoms with E-state index >= 15 is 0 Å². The first kappa shape index (κ1) is 41.9. The van der Waals surface area contributed by atoms with Gasteiger partial charge in [0.2, 0.25) is 17.7 Å². The van der Waals surface area contributed by atoms with Gasteiger partial charge in [0.25, 0.3) is 0 Å². The van der Waals surface area contributed by atoms with E-state index in [-0.39, 0.29) is 60.6 Å². The fourth-order valence-electron chi connectivity index (χ4n) is 6.80. The van der Waals surface area contributed by atoms with Crippen molar-refractivity contribution in [2.45, 2.75) is 129 Å². The molecule has 1 aromatic carbocycles. The number of likely N-dealkylation sites (tertiary alicyclic amines) is 1. The molecule has 1 aliphatic rings. The fourth-order valence-corrected chi connectivity index (χ4v) is 6.80. The van der Waals surface area contributed by atoms with E-state index in [0.29, 0.717) is 19.4 Å². The maximum absolute atomic E-state index is 14.0. The van der Waals surface area contributed by atoms with Crippen LogP contribution in [0, 0.1) is 17.8 Å². The van der Waals surface area contributed by atoms with E-state index in [2.05, 4.69) is 30.9 Å². The summed E-state index contributed by atoms with van der Waals surface area (Å²) in [5.74, 6) is -1.77. The van der Waals surface area contributed by atoms with Crippen LogP contribution in [0.2, 0.25) is 0 Å². The van der Waals surface area contributed by atoms with Gasteiger partial charge >= 0.3 is 5.97 Å². The molecule has 3 amide bonds. The lowest BCUT2D eigenvalue weighted by Crippen LogP contribution is -2.55. The van der Waals surface area contributed by atoms with Crippen LogP contribution in [0.3, 0.4) is 0 Å². The van der Waals surface area contributed by atoms with E-state index in [1.54, 1.807) is 38.0 Å². The van der Waals surface area contributed by atoms with Crippen LogP contribution in [0.4, 0.5) is 0 Å². The number of aliphatic imine (C=N–C) groups is 1. The molecule has 49 heavy (non-hydrogen) atoms. The molecule has 0 aromatic heterocycles. The van der Waals surface area contributed by atoms with Crippen LogP contribution in [-0.2, 0) is 39.8 Å². The zero-order valence-electron chi connectivity index (χ0n) is 31.5. The first-order valence-corrected chi connectivity index (χ1v) is 17.9. The smallest absolute Gasteiger partial charge is 0.329 e. The van der Waals surface area contributed by atoms with Gasteiger partial charge in [0.05, 0.1) is 42.7 Å². The predicted octanol–water partition coefficient (Wildman–Crippen LogP) is 4.70. The molecule has 9 unspecified atom stereocenters. The largest absolute Gasteiger partial charge is 0.461 e. The minimum Gasteiger partial charge on any atom is -0.461 e. The molecule has 11 nitrogen and oxygen atoms in total. The molecule has 1 aliphatic heterocycles. The Bertz CT molecular complexity index is 1210. The molecule has 9 atom stereocenters. The molecule has 1 saturated heterocycles. The quantitative estimate of drug-likeness (QED) is 0.156. The summed E-state index contributed by atoms with van der Waals surface area (Å²) < 4.78 is 17.5. The minimum absolute atomic E-state index is 0.0256. The number of esters is 1. The Morgan fingerprint density at radius 3 is 2.20 bits per heavy atom. The lowest BCUT2D eigenvalue weighted by atomic mass is 9.89. The van der Waals surface area contributed by atoms with Crippen molar-refractivity contribution in [3.8, 4) is 0 Å². The van der Waals surface area contributed by atoms with Crippen molar-refractivity contribution in [2.24, 2.45) is 22.7 Å². The number of hydrogen-bond donors (Lipinski definition) is 1. The maximum atomic E-state index is 14.0. The topological polar surface area (TPSA) is 127 Å². The van der Waals surface area contributed by atoms with Gasteiger partial charge in [0.1, 0.15) is 12.1 Å². The predicted molar refractivity (Wildman–Crippen MR) is 192 cm³/mol. The van der Waals surface area contributed by atoms with Gasteiger partial charge in [-0.2, -0.15) is 0 Å². The molecule has 0 spiro atoms. The van der Waals surface area contributed by atoms with Crippen molar-refractivity contribution in [1.82, 2.24) is 15.1 Å². The van der Waals surface area contributed by atoms with Gasteiger partial charge in [-0.3, -0.25) is 19.4 Å². The standard InChI is InChI=1S/C38H62N4O7/c1-12-25(5)34(41(9)37(45)33(39-8)24(3)4)31(47-10)23-32(43)42-21-17-20-30(42)35(48-11)27(7)36(44)40-29(38(46)49-26(6)13-2)22-28-18-15-14-16-19-28/h14-16,18-19,24-27,29-31,33-35H,8,12-13,17,20-23H2,1-7,9-11H3,(H,40,44). The molecule has 2 rings (SSSR count). The van der Waals surface area contributed by atoms with Crippen molar-refractivity contribution < 1.29 is 33.4 Å². The van der Waals surface area contributed by atoms with Gasteiger partial charge in [-0.05, 0) is 50.3 Å². The highest BCUT2D eigenvalue weighted by atomic mass is 16.5. The molecular formula is C38H62N4O7. The van der Waals surface area contributed by atoms with Gasteiger partial charge in [0, 0.05) is 34.2 Å². The van der Waals surface area contributed by atoms with E-state index in [9.17, 15) is 19.2 Å². The highest BCUT2D eigenvalue weighted by Crippen LogP contribution is 2.30. The molecule has 0 radical (unpaired) electrons. The second kappa shape index (κ2) is 20.4. The molecule has 11 heteroatoms. The number of methoxy groups -OCH3 is 2. The molecular weight excluding hydrogens is 624 g/mol. The van der Waals surface area contributed by atoms with Crippen molar-refractivity contribution in [3.63, 3.8) is 0 Å². The number of likely N-dealkylation sites (N-methyl/N-ethyl adjacent to an activating group) is 1. The average molecular weight is 687 g/mol. The number of carbonyl (C=O) groups excluding carboxylic acids is 4. The van der Waals surface area contributed by atoms with E-state index in [1.807, 2.05) is 58.0 Å². The lowest BCUT2D eigenvalue weighted by molar-refractivity contribution is -0.153. The van der Waals surface area contributed by atoms with Gasteiger partial charge in [-0.25, -0.2) is 4.79 Å². The molecule has 1 N–H and O–H groups in total. The van der Waals surface area contributed by atoms with Crippen molar-refractivity contribution >= 4 is 30.4 Å². The summed E-state index contributed by atoms with van der Waals surface area (Å²) in [6.45, 7) is 17.7. The van der Waals surface area contributed by atoms with Crippen LogP contribution in [0.15, 0.2) is 35.3 Å². The molecule has 0 aliphatic carbocycles. The fraction of sp³-hybridized carbons (Fsp3) is 0.711. The Morgan fingerprint density at radius 1 is 1.02 bits per heavy atom. The van der Waals surface area contributed by atoms with E-state index in [4.69, 9.17) is 14.2 Å². The van der Waals surface area contributed by atoms with E-state index in [0.717, 1.165) is 18.4 Å². The SMILES string of the molecule is C=NC(C(=O)N(C)C(C(C)CC)C(CC(=O)N1CCCC1C(OC)C(C)C(=O)NC(Cc1ccccc1)C(=O)OC(C)CC)OC)C(C)C. The summed E-state index contributed by atoms with van der Waals surface area (Å²) in [4.78, 5) is 62.0. The average Bonchev–Trinajstić information content (AvgIpc) is 3.57. The molecule has 276 valence electrons. The van der Waals surface area contributed by atoms with Crippen LogP contribution in [-0.4, -0.2) is 110 Å². The number of ether oxygens (including phenoxy) is 3. The van der Waals surface area contributed by atoms with E-state index < -0.39 is 36.2 Å². The van der Waals surface area contributed by atoms with Crippen LogP contribution in [0.25, 0.3) is 0 Å². The monoisotopic (exact) mass is 686 g/mol. The van der Waals surface area contributed by atoms with Gasteiger partial charge in [-0.1, -0.05) is 78.3 Å². The summed E-state index contributed by atoms with van der Waals surface area (Å²) in [5.41, 5.74) is 0.897. The third-order valence-electron chi connectivity index (χ3n) is 10.1.